The number of aromatic nitrogens is 1. The van der Waals surface area contributed by atoms with Crippen LogP contribution in [0.1, 0.15) is 22.7 Å². The number of hydrogen-bond acceptors (Lipinski definition) is 4. The fraction of sp³-hybridized carbons (Fsp3) is 0.206. The van der Waals surface area contributed by atoms with Gasteiger partial charge in [0.2, 0.25) is 15.9 Å². The van der Waals surface area contributed by atoms with Crippen LogP contribution < -0.4 is 4.72 Å². The van der Waals surface area contributed by atoms with Crippen molar-refractivity contribution in [1.82, 2.24) is 19.5 Å². The first-order valence-corrected chi connectivity index (χ1v) is 15.8. The van der Waals surface area contributed by atoms with Crippen LogP contribution in [0.15, 0.2) is 120 Å². The van der Waals surface area contributed by atoms with Crippen LogP contribution in [0.25, 0.3) is 10.9 Å². The van der Waals surface area contributed by atoms with E-state index in [1.807, 2.05) is 66.9 Å². The summed E-state index contributed by atoms with van der Waals surface area (Å²) in [4.78, 5) is 21.3. The molecule has 7 nitrogen and oxygen atoms in total. The lowest BCUT2D eigenvalue weighted by atomic mass is 9.96. The van der Waals surface area contributed by atoms with E-state index in [0.717, 1.165) is 28.6 Å². The molecule has 0 bridgehead atoms. The second kappa shape index (κ2) is 12.5. The lowest BCUT2D eigenvalue weighted by molar-refractivity contribution is -0.135. The number of nitrogens with zero attached hydrogens (tertiary/aromatic N) is 2. The third-order valence-corrected chi connectivity index (χ3v) is 9.53. The van der Waals surface area contributed by atoms with Crippen molar-refractivity contribution in [2.75, 3.05) is 26.2 Å². The molecule has 1 atom stereocenters. The smallest absolute Gasteiger partial charge is 0.241 e. The molecule has 1 fully saturated rings. The van der Waals surface area contributed by atoms with E-state index < -0.39 is 21.9 Å². The number of aromatic amines is 1. The summed E-state index contributed by atoms with van der Waals surface area (Å²) in [6, 6.07) is 32.0. The van der Waals surface area contributed by atoms with Gasteiger partial charge in [-0.2, -0.15) is 4.72 Å². The molecule has 0 radical (unpaired) electrons. The van der Waals surface area contributed by atoms with Crippen LogP contribution in [0.2, 0.25) is 0 Å². The Bertz CT molecular complexity index is 1750. The molecular weight excluding hydrogens is 563 g/mol. The van der Waals surface area contributed by atoms with Gasteiger partial charge < -0.3 is 9.88 Å². The zero-order valence-corrected chi connectivity index (χ0v) is 24.4. The standard InChI is InChI=1S/C34H33FN4O3S/c35-28-15-17-29(18-16-28)43(41,42)37-32(23-27-24-36-31-14-8-7-13-30(27)31)34(40)39-21-19-38(20-22-39)33(25-9-3-1-4-10-25)26-11-5-2-6-12-26/h1-18,24,32-33,36-37H,19-23H2. The zero-order valence-electron chi connectivity index (χ0n) is 23.6. The molecule has 2 heterocycles. The largest absolute Gasteiger partial charge is 0.361 e. The summed E-state index contributed by atoms with van der Waals surface area (Å²) in [6.45, 7) is 2.17. The average Bonchev–Trinajstić information content (AvgIpc) is 3.45. The van der Waals surface area contributed by atoms with Crippen molar-refractivity contribution >= 4 is 26.8 Å². The molecule has 43 heavy (non-hydrogen) atoms. The van der Waals surface area contributed by atoms with E-state index >= 15 is 0 Å². The van der Waals surface area contributed by atoms with Crippen LogP contribution in [0.5, 0.6) is 0 Å². The van der Waals surface area contributed by atoms with Gasteiger partial charge in [-0.1, -0.05) is 78.9 Å². The summed E-state index contributed by atoms with van der Waals surface area (Å²) in [5, 5.41) is 0.930. The molecule has 1 unspecified atom stereocenters. The van der Waals surface area contributed by atoms with Crippen LogP contribution in [0, 0.1) is 5.82 Å². The lowest BCUT2D eigenvalue weighted by Crippen LogP contribution is -2.56. The second-order valence-corrected chi connectivity index (χ2v) is 12.5. The Hall–Kier alpha value is -4.31. The van der Waals surface area contributed by atoms with E-state index in [0.29, 0.717) is 26.2 Å². The van der Waals surface area contributed by atoms with Gasteiger partial charge in [0.1, 0.15) is 11.9 Å². The molecule has 1 aliphatic rings. The van der Waals surface area contributed by atoms with Gasteiger partial charge in [-0.05, 0) is 53.4 Å². The maximum atomic E-state index is 14.1. The number of carbonyl (C=O) groups is 1. The molecule has 1 saturated heterocycles. The Morgan fingerprint density at radius 3 is 2.00 bits per heavy atom. The van der Waals surface area contributed by atoms with Crippen molar-refractivity contribution in [3.8, 4) is 0 Å². The van der Waals surface area contributed by atoms with Crippen molar-refractivity contribution in [1.29, 1.82) is 0 Å². The first-order valence-electron chi connectivity index (χ1n) is 14.3. The van der Waals surface area contributed by atoms with Crippen LogP contribution in [0.4, 0.5) is 4.39 Å². The molecule has 0 spiro atoms. The predicted molar refractivity (Wildman–Crippen MR) is 165 cm³/mol. The SMILES string of the molecule is O=C(C(Cc1c[nH]c2ccccc12)NS(=O)(=O)c1ccc(F)cc1)N1CCN(C(c2ccccc2)c2ccccc2)CC1. The van der Waals surface area contributed by atoms with Gasteiger partial charge >= 0.3 is 0 Å². The van der Waals surface area contributed by atoms with Gasteiger partial charge in [0.15, 0.2) is 0 Å². The number of benzene rings is 4. The molecule has 220 valence electrons. The first kappa shape index (κ1) is 28.8. The van der Waals surface area contributed by atoms with Gasteiger partial charge in [0, 0.05) is 43.3 Å². The summed E-state index contributed by atoms with van der Waals surface area (Å²) in [5.41, 5.74) is 4.10. The number of piperazine rings is 1. The monoisotopic (exact) mass is 596 g/mol. The molecular formula is C34H33FN4O3S. The zero-order chi connectivity index (χ0) is 29.8. The lowest BCUT2D eigenvalue weighted by Gasteiger charge is -2.40. The Morgan fingerprint density at radius 1 is 0.791 bits per heavy atom. The van der Waals surface area contributed by atoms with E-state index in [1.54, 1.807) is 4.90 Å². The molecule has 0 aliphatic carbocycles. The molecule has 4 aromatic carbocycles. The van der Waals surface area contributed by atoms with Gasteiger partial charge in [0.25, 0.3) is 0 Å². The van der Waals surface area contributed by atoms with Crippen LogP contribution in [0.3, 0.4) is 0 Å². The number of nitrogens with one attached hydrogen (secondary N) is 2. The topological polar surface area (TPSA) is 85.5 Å². The molecule has 2 N–H and O–H groups in total. The number of H-pyrrole nitrogens is 1. The molecule has 0 saturated carbocycles. The third kappa shape index (κ3) is 6.39. The van der Waals surface area contributed by atoms with E-state index in [4.69, 9.17) is 0 Å². The molecule has 1 amide bonds. The highest BCUT2D eigenvalue weighted by molar-refractivity contribution is 7.89. The quantitative estimate of drug-likeness (QED) is 0.247. The fourth-order valence-electron chi connectivity index (χ4n) is 5.87. The molecule has 1 aliphatic heterocycles. The summed E-state index contributed by atoms with van der Waals surface area (Å²) in [5.74, 6) is -0.820. The molecule has 5 aromatic rings. The van der Waals surface area contributed by atoms with Crippen LogP contribution in [-0.2, 0) is 21.2 Å². The number of fused-ring (bicyclic) bond motifs is 1. The number of rotatable bonds is 9. The second-order valence-electron chi connectivity index (χ2n) is 10.8. The van der Waals surface area contributed by atoms with Crippen molar-refractivity contribution in [2.45, 2.75) is 23.4 Å². The first-order chi connectivity index (χ1) is 20.9. The minimum atomic E-state index is -4.10. The molecule has 9 heteroatoms. The number of hydrogen-bond donors (Lipinski definition) is 2. The third-order valence-electron chi connectivity index (χ3n) is 8.04. The van der Waals surface area contributed by atoms with E-state index in [9.17, 15) is 17.6 Å². The minimum Gasteiger partial charge on any atom is -0.361 e. The van der Waals surface area contributed by atoms with Crippen molar-refractivity contribution < 1.29 is 17.6 Å². The summed E-state index contributed by atoms with van der Waals surface area (Å²) in [7, 11) is -4.10. The summed E-state index contributed by atoms with van der Waals surface area (Å²) in [6.07, 6.45) is 1.99. The summed E-state index contributed by atoms with van der Waals surface area (Å²) >= 11 is 0. The number of amides is 1. The van der Waals surface area contributed by atoms with Gasteiger partial charge in [-0.3, -0.25) is 9.69 Å². The number of halogens is 1. The molecule has 6 rings (SSSR count). The molecule has 1 aromatic heterocycles. The predicted octanol–water partition coefficient (Wildman–Crippen LogP) is 5.13. The highest BCUT2D eigenvalue weighted by atomic mass is 32.2. The van der Waals surface area contributed by atoms with Gasteiger partial charge in [-0.25, -0.2) is 12.8 Å². The Kier molecular flexibility index (Phi) is 8.38. The maximum absolute atomic E-state index is 14.1. The van der Waals surface area contributed by atoms with E-state index in [-0.39, 0.29) is 23.3 Å². The maximum Gasteiger partial charge on any atom is 0.241 e. The van der Waals surface area contributed by atoms with E-state index in [2.05, 4.69) is 38.9 Å². The number of carbonyl (C=O) groups excluding carboxylic acids is 1. The van der Waals surface area contributed by atoms with Crippen LogP contribution >= 0.6 is 0 Å². The highest BCUT2D eigenvalue weighted by Gasteiger charge is 2.34. The Morgan fingerprint density at radius 2 is 1.37 bits per heavy atom. The van der Waals surface area contributed by atoms with E-state index in [1.165, 1.54) is 23.3 Å². The average molecular weight is 597 g/mol. The van der Waals surface area contributed by atoms with Crippen molar-refractivity contribution in [3.05, 3.63) is 138 Å². The fourth-order valence-corrected chi connectivity index (χ4v) is 7.06. The van der Waals surface area contributed by atoms with Crippen LogP contribution in [-0.4, -0.2) is 61.3 Å². The minimum absolute atomic E-state index is 0.0404. The van der Waals surface area contributed by atoms with Crippen molar-refractivity contribution in [2.24, 2.45) is 0 Å². The highest BCUT2D eigenvalue weighted by Crippen LogP contribution is 2.30. The Labute approximate surface area is 251 Å². The van der Waals surface area contributed by atoms with Crippen molar-refractivity contribution in [3.63, 3.8) is 0 Å². The number of para-hydroxylation sites is 1. The van der Waals surface area contributed by atoms with Gasteiger partial charge in [0.05, 0.1) is 10.9 Å². The number of sulfonamides is 1. The Balaban J connectivity index is 1.24. The summed E-state index contributed by atoms with van der Waals surface area (Å²) < 4.78 is 42.9. The van der Waals surface area contributed by atoms with Gasteiger partial charge in [-0.15, -0.1) is 0 Å². The normalized spacial score (nSPS) is 15.2.